The van der Waals surface area contributed by atoms with Gasteiger partial charge in [-0.25, -0.2) is 0 Å². The van der Waals surface area contributed by atoms with E-state index in [1.807, 2.05) is 30.3 Å². The van der Waals surface area contributed by atoms with Crippen LogP contribution in [0.1, 0.15) is 11.6 Å². The molecule has 1 fully saturated rings. The van der Waals surface area contributed by atoms with Gasteiger partial charge in [0.05, 0.1) is 10.8 Å². The maximum absolute atomic E-state index is 12.0. The second-order valence-electron chi connectivity index (χ2n) is 4.72. The fourth-order valence-electron chi connectivity index (χ4n) is 2.68. The fourth-order valence-corrected chi connectivity index (χ4v) is 3.32. The van der Waals surface area contributed by atoms with Crippen molar-refractivity contribution in [1.82, 2.24) is 0 Å². The van der Waals surface area contributed by atoms with E-state index in [2.05, 4.69) is 0 Å². The Morgan fingerprint density at radius 3 is 2.53 bits per heavy atom. The number of quaternary nitrogens is 1. The Morgan fingerprint density at radius 2 is 1.84 bits per heavy atom. The maximum Gasteiger partial charge on any atom is 0.218 e. The van der Waals surface area contributed by atoms with Crippen molar-refractivity contribution in [1.29, 1.82) is 0 Å². The predicted molar refractivity (Wildman–Crippen MR) is 73.0 cm³/mol. The Labute approximate surface area is 112 Å². The van der Waals surface area contributed by atoms with Gasteiger partial charge in [0.2, 0.25) is 10.3 Å². The molecule has 0 spiro atoms. The van der Waals surface area contributed by atoms with E-state index in [-0.39, 0.29) is 23.1 Å². The predicted octanol–water partition coefficient (Wildman–Crippen LogP) is 0.286. The van der Waals surface area contributed by atoms with Gasteiger partial charge in [0.1, 0.15) is 0 Å². The zero-order valence-electron chi connectivity index (χ0n) is 10.1. The van der Waals surface area contributed by atoms with Gasteiger partial charge in [-0.05, 0) is 6.08 Å². The van der Waals surface area contributed by atoms with Gasteiger partial charge >= 0.3 is 0 Å². The summed E-state index contributed by atoms with van der Waals surface area (Å²) in [6, 6.07) is 9.12. The number of hydroxylamine groups is 2. The molecule has 4 unspecified atom stereocenters. The molecule has 98 valence electrons. The first-order valence-corrected chi connectivity index (χ1v) is 7.17. The van der Waals surface area contributed by atoms with Crippen molar-refractivity contribution < 1.29 is 13.5 Å². The van der Waals surface area contributed by atoms with E-state index in [9.17, 15) is 13.6 Å². The van der Waals surface area contributed by atoms with Gasteiger partial charge in [0.25, 0.3) is 0 Å². The highest BCUT2D eigenvalue weighted by Gasteiger charge is 2.55. The zero-order chi connectivity index (χ0) is 13.4. The fraction of sp³-hybridized carbons (Fsp3) is 0.214. The van der Waals surface area contributed by atoms with E-state index < -0.39 is 10.3 Å². The third-order valence-electron chi connectivity index (χ3n) is 3.64. The van der Waals surface area contributed by atoms with Gasteiger partial charge in [-0.2, -0.15) is 8.42 Å². The van der Waals surface area contributed by atoms with Gasteiger partial charge in [-0.3, -0.25) is 0 Å². The highest BCUT2D eigenvalue weighted by Crippen LogP contribution is 2.30. The monoisotopic (exact) mass is 275 g/mol. The Hall–Kier alpha value is -1.69. The molecule has 1 aliphatic heterocycles. The minimum atomic E-state index is -2.27. The summed E-state index contributed by atoms with van der Waals surface area (Å²) in [4.78, 5) is 0.305. The van der Waals surface area contributed by atoms with Crippen molar-refractivity contribution in [2.45, 2.75) is 12.1 Å². The molecule has 0 saturated carbocycles. The number of benzene rings is 1. The first kappa shape index (κ1) is 12.3. The lowest BCUT2D eigenvalue weighted by atomic mass is 9.93. The molecule has 1 N–H and O–H groups in total. The molecule has 4 nitrogen and oxygen atoms in total. The molecule has 1 aromatic rings. The van der Waals surface area contributed by atoms with Crippen LogP contribution in [0.15, 0.2) is 54.6 Å². The summed E-state index contributed by atoms with van der Waals surface area (Å²) in [5.74, 6) is -0.318. The molecular formula is C14H13NO3S. The largest absolute Gasteiger partial charge is 0.633 e. The van der Waals surface area contributed by atoms with Crippen molar-refractivity contribution in [2.24, 2.45) is 5.92 Å². The quantitative estimate of drug-likeness (QED) is 0.479. The lowest BCUT2D eigenvalue weighted by molar-refractivity contribution is -0.734. The van der Waals surface area contributed by atoms with Gasteiger partial charge in [-0.15, -0.1) is 0 Å². The van der Waals surface area contributed by atoms with Crippen LogP contribution in [0, 0.1) is 11.1 Å². The Balaban J connectivity index is 1.91. The molecule has 1 heterocycles. The van der Waals surface area contributed by atoms with Crippen LogP contribution in [0.3, 0.4) is 0 Å². The minimum absolute atomic E-state index is 0.124. The van der Waals surface area contributed by atoms with Crippen molar-refractivity contribution in [2.75, 3.05) is 0 Å². The number of allylic oxidation sites excluding steroid dienone is 3. The molecule has 2 aliphatic rings. The molecule has 1 saturated heterocycles. The second kappa shape index (κ2) is 4.77. The van der Waals surface area contributed by atoms with Crippen molar-refractivity contribution in [3.63, 3.8) is 0 Å². The van der Waals surface area contributed by atoms with E-state index in [1.165, 1.54) is 0 Å². The van der Waals surface area contributed by atoms with Crippen LogP contribution < -0.4 is 5.06 Å². The average molecular weight is 275 g/mol. The van der Waals surface area contributed by atoms with Gasteiger partial charge < -0.3 is 10.3 Å². The number of hydrogen-bond acceptors (Lipinski definition) is 3. The maximum atomic E-state index is 12.0. The molecular weight excluding hydrogens is 262 g/mol. The van der Waals surface area contributed by atoms with Crippen LogP contribution in [0.5, 0.6) is 0 Å². The van der Waals surface area contributed by atoms with Gasteiger partial charge in [0, 0.05) is 5.56 Å². The summed E-state index contributed by atoms with van der Waals surface area (Å²) in [5.41, 5.74) is 0.969. The smallest absolute Gasteiger partial charge is 0.218 e. The molecule has 4 atom stereocenters. The third kappa shape index (κ3) is 2.16. The minimum Gasteiger partial charge on any atom is -0.633 e. The van der Waals surface area contributed by atoms with Gasteiger partial charge in [-0.1, -0.05) is 48.6 Å². The normalized spacial score (nSPS) is 32.4. The molecule has 19 heavy (non-hydrogen) atoms. The summed E-state index contributed by atoms with van der Waals surface area (Å²) in [6.07, 6.45) is 6.86. The van der Waals surface area contributed by atoms with E-state index in [0.717, 1.165) is 5.56 Å². The van der Waals surface area contributed by atoms with Crippen LogP contribution in [-0.4, -0.2) is 19.3 Å². The van der Waals surface area contributed by atoms with Crippen LogP contribution in [0.4, 0.5) is 0 Å². The van der Waals surface area contributed by atoms with Crippen LogP contribution in [0.25, 0.3) is 0 Å². The van der Waals surface area contributed by atoms with E-state index >= 15 is 0 Å². The first-order valence-electron chi connectivity index (χ1n) is 6.10. The first-order chi connectivity index (χ1) is 9.20. The second-order valence-corrected chi connectivity index (χ2v) is 5.66. The Bertz CT molecular complexity index is 668. The molecule has 0 bridgehead atoms. The van der Waals surface area contributed by atoms with Crippen molar-refractivity contribution in [3.8, 4) is 0 Å². The average Bonchev–Trinajstić information content (AvgIpc) is 3.11. The number of nitrogens with one attached hydrogen (secondary N) is 1. The lowest BCUT2D eigenvalue weighted by Gasteiger charge is -2.10. The molecule has 1 aromatic carbocycles. The van der Waals surface area contributed by atoms with Crippen LogP contribution in [0.2, 0.25) is 0 Å². The van der Waals surface area contributed by atoms with Gasteiger partial charge in [0.15, 0.2) is 12.1 Å². The summed E-state index contributed by atoms with van der Waals surface area (Å²) < 4.78 is 22.4. The molecule has 0 radical (unpaired) electrons. The van der Waals surface area contributed by atoms with E-state index in [1.54, 1.807) is 24.3 Å². The lowest BCUT2D eigenvalue weighted by Crippen LogP contribution is -2.89. The summed E-state index contributed by atoms with van der Waals surface area (Å²) in [6.45, 7) is 0. The number of hydrogen-bond donors (Lipinski definition) is 1. The number of rotatable bonds is 2. The molecule has 0 aromatic heterocycles. The standard InChI is InChI=1S/C14H13NO3S/c16-15-13(10-6-2-1-3-7-10)14(15)11-8-4-5-9-12(11)19(17)18/h1-9,11,13-15H. The molecule has 1 aliphatic carbocycles. The van der Waals surface area contributed by atoms with Crippen LogP contribution in [-0.2, 0) is 10.3 Å². The summed E-state index contributed by atoms with van der Waals surface area (Å²) in [7, 11) is -2.27. The molecule has 0 amide bonds. The summed E-state index contributed by atoms with van der Waals surface area (Å²) in [5, 5.41) is 12.1. The van der Waals surface area contributed by atoms with E-state index in [4.69, 9.17) is 0 Å². The topological polar surface area (TPSA) is 61.6 Å². The SMILES string of the molecule is O=S(=O)=C1C=CC=CC1C1C(c2ccccc2)[NH+]1[O-]. The van der Waals surface area contributed by atoms with Crippen molar-refractivity contribution >= 4 is 15.2 Å². The Morgan fingerprint density at radius 1 is 1.11 bits per heavy atom. The highest BCUT2D eigenvalue weighted by molar-refractivity contribution is 7.73. The van der Waals surface area contributed by atoms with Crippen molar-refractivity contribution in [3.05, 3.63) is 65.4 Å². The van der Waals surface area contributed by atoms with E-state index in [0.29, 0.717) is 4.86 Å². The van der Waals surface area contributed by atoms with Crippen LogP contribution >= 0.6 is 0 Å². The zero-order valence-corrected chi connectivity index (χ0v) is 10.9. The Kier molecular flexibility index (Phi) is 3.10. The highest BCUT2D eigenvalue weighted by atomic mass is 32.2. The molecule has 3 rings (SSSR count). The third-order valence-corrected chi connectivity index (χ3v) is 4.43. The summed E-state index contributed by atoms with van der Waals surface area (Å²) >= 11 is 0. The molecule has 5 heteroatoms.